The quantitative estimate of drug-likeness (QED) is 0.869. The van der Waals surface area contributed by atoms with Crippen LogP contribution in [0.25, 0.3) is 0 Å². The van der Waals surface area contributed by atoms with E-state index in [0.717, 1.165) is 19.5 Å². The number of hydrogen-bond acceptors (Lipinski definition) is 3. The molecule has 0 bridgehead atoms. The lowest BCUT2D eigenvalue weighted by atomic mass is 10.1. The number of anilines is 2. The first-order chi connectivity index (χ1) is 9.60. The van der Waals surface area contributed by atoms with E-state index in [9.17, 15) is 14.3 Å². The summed E-state index contributed by atoms with van der Waals surface area (Å²) in [6.45, 7) is 3.72. The highest BCUT2D eigenvalue weighted by Crippen LogP contribution is 2.38. The summed E-state index contributed by atoms with van der Waals surface area (Å²) in [6, 6.07) is 2.93. The zero-order valence-corrected chi connectivity index (χ0v) is 11.5. The molecule has 0 saturated heterocycles. The third kappa shape index (κ3) is 2.38. The second-order valence-electron chi connectivity index (χ2n) is 5.67. The zero-order valence-electron chi connectivity index (χ0n) is 11.5. The van der Waals surface area contributed by atoms with Gasteiger partial charge in [0.05, 0.1) is 5.69 Å². The Morgan fingerprint density at radius 2 is 2.20 bits per heavy atom. The van der Waals surface area contributed by atoms with E-state index in [4.69, 9.17) is 0 Å². The van der Waals surface area contributed by atoms with Crippen molar-refractivity contribution in [3.8, 4) is 0 Å². The molecule has 1 aromatic rings. The highest BCUT2D eigenvalue weighted by atomic mass is 19.1. The molecule has 1 heterocycles. The SMILES string of the molecule is CCCN(CC1CC1)c1cc2c(cc1F)C(O)C(=O)N2. The molecule has 2 N–H and O–H groups in total. The maximum Gasteiger partial charge on any atom is 0.257 e. The lowest BCUT2D eigenvalue weighted by molar-refractivity contribution is -0.123. The fraction of sp³-hybridized carbons (Fsp3) is 0.533. The maximum absolute atomic E-state index is 14.3. The van der Waals surface area contributed by atoms with Crippen LogP contribution in [-0.2, 0) is 4.79 Å². The molecule has 3 rings (SSSR count). The highest BCUT2D eigenvalue weighted by Gasteiger charge is 2.31. The molecule has 1 aromatic carbocycles. The number of carbonyl (C=O) groups excluding carboxylic acids is 1. The van der Waals surface area contributed by atoms with Crippen LogP contribution in [0.15, 0.2) is 12.1 Å². The second-order valence-corrected chi connectivity index (χ2v) is 5.67. The number of amides is 1. The van der Waals surface area contributed by atoms with Gasteiger partial charge in [-0.3, -0.25) is 4.79 Å². The fourth-order valence-electron chi connectivity index (χ4n) is 2.69. The Hall–Kier alpha value is -1.62. The molecule has 4 nitrogen and oxygen atoms in total. The average Bonchev–Trinajstić information content (AvgIpc) is 3.18. The van der Waals surface area contributed by atoms with Crippen molar-refractivity contribution in [2.24, 2.45) is 5.92 Å². The minimum atomic E-state index is -1.25. The third-order valence-corrected chi connectivity index (χ3v) is 3.93. The van der Waals surface area contributed by atoms with Gasteiger partial charge in [-0.1, -0.05) is 6.92 Å². The molecule has 1 unspecified atom stereocenters. The van der Waals surface area contributed by atoms with Gasteiger partial charge in [0.2, 0.25) is 0 Å². The molecule has 20 heavy (non-hydrogen) atoms. The Morgan fingerprint density at radius 3 is 2.85 bits per heavy atom. The average molecular weight is 278 g/mol. The van der Waals surface area contributed by atoms with E-state index in [1.807, 2.05) is 4.90 Å². The van der Waals surface area contributed by atoms with Gasteiger partial charge in [-0.05, 0) is 37.3 Å². The number of carbonyl (C=O) groups is 1. The van der Waals surface area contributed by atoms with Crippen LogP contribution in [0.3, 0.4) is 0 Å². The van der Waals surface area contributed by atoms with E-state index in [1.165, 1.54) is 18.9 Å². The van der Waals surface area contributed by atoms with Gasteiger partial charge in [0.25, 0.3) is 5.91 Å². The molecule has 5 heteroatoms. The summed E-state index contributed by atoms with van der Waals surface area (Å²) in [6.07, 6.45) is 2.11. The third-order valence-electron chi connectivity index (χ3n) is 3.93. The number of hydrogen-bond donors (Lipinski definition) is 2. The summed E-state index contributed by atoms with van der Waals surface area (Å²) in [5.74, 6) is -0.191. The van der Waals surface area contributed by atoms with E-state index in [2.05, 4.69) is 12.2 Å². The van der Waals surface area contributed by atoms with E-state index in [-0.39, 0.29) is 5.82 Å². The molecule has 1 aliphatic heterocycles. The van der Waals surface area contributed by atoms with Crippen molar-refractivity contribution in [1.29, 1.82) is 0 Å². The lowest BCUT2D eigenvalue weighted by Crippen LogP contribution is -2.27. The van der Waals surface area contributed by atoms with Crippen molar-refractivity contribution in [1.82, 2.24) is 0 Å². The number of aliphatic hydroxyl groups is 1. The van der Waals surface area contributed by atoms with Crippen molar-refractivity contribution in [3.05, 3.63) is 23.5 Å². The summed E-state index contributed by atoms with van der Waals surface area (Å²) >= 11 is 0. The van der Waals surface area contributed by atoms with Crippen LogP contribution in [-0.4, -0.2) is 24.1 Å². The molecule has 0 spiro atoms. The van der Waals surface area contributed by atoms with Gasteiger partial charge in [0.1, 0.15) is 5.82 Å². The van der Waals surface area contributed by atoms with Crippen molar-refractivity contribution in [2.75, 3.05) is 23.3 Å². The monoisotopic (exact) mass is 278 g/mol. The molecular weight excluding hydrogens is 259 g/mol. The number of nitrogens with zero attached hydrogens (tertiary/aromatic N) is 1. The Bertz CT molecular complexity index is 543. The minimum Gasteiger partial charge on any atom is -0.378 e. The lowest BCUT2D eigenvalue weighted by Gasteiger charge is -2.25. The summed E-state index contributed by atoms with van der Waals surface area (Å²) < 4.78 is 14.3. The number of benzene rings is 1. The van der Waals surface area contributed by atoms with Crippen molar-refractivity contribution in [3.63, 3.8) is 0 Å². The van der Waals surface area contributed by atoms with Gasteiger partial charge in [0, 0.05) is 24.3 Å². The minimum absolute atomic E-state index is 0.333. The predicted molar refractivity (Wildman–Crippen MR) is 75.2 cm³/mol. The molecule has 1 fully saturated rings. The number of fused-ring (bicyclic) bond motifs is 1. The smallest absolute Gasteiger partial charge is 0.257 e. The topological polar surface area (TPSA) is 52.6 Å². The van der Waals surface area contributed by atoms with Crippen molar-refractivity contribution < 1.29 is 14.3 Å². The predicted octanol–water partition coefficient (Wildman–Crippen LogP) is 2.44. The Morgan fingerprint density at radius 1 is 1.45 bits per heavy atom. The molecule has 108 valence electrons. The standard InChI is InChI=1S/C15H19FN2O2/c1-2-5-18(8-9-3-4-9)13-7-12-10(6-11(13)16)14(19)15(20)17-12/h6-7,9,14,19H,2-5,8H2,1H3,(H,17,20). The van der Waals surface area contributed by atoms with Gasteiger partial charge >= 0.3 is 0 Å². The Labute approximate surface area is 117 Å². The van der Waals surface area contributed by atoms with Crippen LogP contribution in [0.1, 0.15) is 37.9 Å². The van der Waals surface area contributed by atoms with Gasteiger partial charge in [0.15, 0.2) is 6.10 Å². The fourth-order valence-corrected chi connectivity index (χ4v) is 2.69. The Kier molecular flexibility index (Phi) is 3.38. The summed E-state index contributed by atoms with van der Waals surface area (Å²) in [5.41, 5.74) is 1.38. The van der Waals surface area contributed by atoms with Gasteiger partial charge in [-0.15, -0.1) is 0 Å². The van der Waals surface area contributed by atoms with Crippen LogP contribution in [0, 0.1) is 11.7 Å². The molecule has 1 amide bonds. The Balaban J connectivity index is 1.92. The van der Waals surface area contributed by atoms with Gasteiger partial charge in [-0.25, -0.2) is 4.39 Å². The first-order valence-electron chi connectivity index (χ1n) is 7.17. The molecule has 1 saturated carbocycles. The largest absolute Gasteiger partial charge is 0.378 e. The van der Waals surface area contributed by atoms with E-state index in [0.29, 0.717) is 22.9 Å². The normalized spacial score (nSPS) is 20.8. The zero-order chi connectivity index (χ0) is 14.3. The molecule has 1 aliphatic carbocycles. The van der Waals surface area contributed by atoms with E-state index in [1.54, 1.807) is 6.07 Å². The van der Waals surface area contributed by atoms with Crippen LogP contribution in [0.4, 0.5) is 15.8 Å². The molecular formula is C15H19FN2O2. The van der Waals surface area contributed by atoms with Crippen molar-refractivity contribution in [2.45, 2.75) is 32.3 Å². The number of halogens is 1. The van der Waals surface area contributed by atoms with Gasteiger partial charge < -0.3 is 15.3 Å². The first-order valence-corrected chi connectivity index (χ1v) is 7.17. The highest BCUT2D eigenvalue weighted by molar-refractivity contribution is 6.02. The molecule has 1 atom stereocenters. The summed E-state index contributed by atoms with van der Waals surface area (Å²) in [4.78, 5) is 13.5. The van der Waals surface area contributed by atoms with Crippen LogP contribution in [0.5, 0.6) is 0 Å². The number of rotatable bonds is 5. The van der Waals surface area contributed by atoms with Crippen LogP contribution in [0.2, 0.25) is 0 Å². The first kappa shape index (κ1) is 13.4. The summed E-state index contributed by atoms with van der Waals surface area (Å²) in [7, 11) is 0. The number of aliphatic hydroxyl groups excluding tert-OH is 1. The maximum atomic E-state index is 14.3. The van der Waals surface area contributed by atoms with Gasteiger partial charge in [-0.2, -0.15) is 0 Å². The molecule has 2 aliphatic rings. The molecule has 0 aromatic heterocycles. The van der Waals surface area contributed by atoms with Crippen LogP contribution >= 0.6 is 0 Å². The van der Waals surface area contributed by atoms with Crippen LogP contribution < -0.4 is 10.2 Å². The van der Waals surface area contributed by atoms with E-state index >= 15 is 0 Å². The number of nitrogens with one attached hydrogen (secondary N) is 1. The summed E-state index contributed by atoms with van der Waals surface area (Å²) in [5, 5.41) is 12.3. The molecule has 0 radical (unpaired) electrons. The van der Waals surface area contributed by atoms with Crippen molar-refractivity contribution >= 4 is 17.3 Å². The van der Waals surface area contributed by atoms with E-state index < -0.39 is 12.0 Å². The second kappa shape index (κ2) is 5.05.